The van der Waals surface area contributed by atoms with Crippen LogP contribution in [-0.2, 0) is 13.0 Å². The summed E-state index contributed by atoms with van der Waals surface area (Å²) in [4.78, 5) is 29.6. The molecule has 0 spiro atoms. The summed E-state index contributed by atoms with van der Waals surface area (Å²) in [5.74, 6) is 0.220. The first-order chi connectivity index (χ1) is 17.1. The monoisotopic (exact) mass is 471 g/mol. The lowest BCUT2D eigenvalue weighted by atomic mass is 9.85. The maximum absolute atomic E-state index is 13.4. The molecule has 180 valence electrons. The molecule has 7 nitrogen and oxygen atoms in total. The van der Waals surface area contributed by atoms with Crippen LogP contribution in [0.1, 0.15) is 60.1 Å². The molecule has 5 rings (SSSR count). The van der Waals surface area contributed by atoms with Gasteiger partial charge in [-0.25, -0.2) is 14.3 Å². The second-order valence-electron chi connectivity index (χ2n) is 9.25. The number of aromatic nitrogens is 3. The summed E-state index contributed by atoms with van der Waals surface area (Å²) in [6, 6.07) is 18.9. The Morgan fingerprint density at radius 3 is 2.51 bits per heavy atom. The Hall–Kier alpha value is -3.87. The van der Waals surface area contributed by atoms with Gasteiger partial charge < -0.3 is 9.84 Å². The van der Waals surface area contributed by atoms with Gasteiger partial charge in [0, 0.05) is 17.2 Å². The number of fused-ring (bicyclic) bond motifs is 1. The molecule has 0 atom stereocenters. The number of aromatic amines is 1. The summed E-state index contributed by atoms with van der Waals surface area (Å²) in [5, 5.41) is 12.1. The van der Waals surface area contributed by atoms with Crippen molar-refractivity contribution in [3.05, 3.63) is 87.8 Å². The van der Waals surface area contributed by atoms with E-state index in [0.717, 1.165) is 23.3 Å². The Labute approximate surface area is 203 Å². The molecule has 2 N–H and O–H groups in total. The van der Waals surface area contributed by atoms with Crippen LogP contribution in [0.15, 0.2) is 65.5 Å². The van der Waals surface area contributed by atoms with Crippen molar-refractivity contribution < 1.29 is 14.6 Å². The van der Waals surface area contributed by atoms with E-state index in [1.165, 1.54) is 42.7 Å². The number of nitrogens with one attached hydrogen (secondary N) is 1. The predicted octanol–water partition coefficient (Wildman–Crippen LogP) is 5.48. The highest BCUT2D eigenvalue weighted by Gasteiger charge is 2.20. The van der Waals surface area contributed by atoms with E-state index in [-0.39, 0.29) is 11.3 Å². The molecule has 1 aliphatic rings. The van der Waals surface area contributed by atoms with Crippen molar-refractivity contribution in [1.82, 2.24) is 14.6 Å². The van der Waals surface area contributed by atoms with Crippen LogP contribution in [0.4, 0.5) is 0 Å². The highest BCUT2D eigenvalue weighted by Crippen LogP contribution is 2.30. The Balaban J connectivity index is 1.45. The molecule has 1 saturated carbocycles. The molecule has 7 heteroatoms. The van der Waals surface area contributed by atoms with Gasteiger partial charge in [0.1, 0.15) is 18.1 Å². The topological polar surface area (TPSA) is 96.7 Å². The molecule has 35 heavy (non-hydrogen) atoms. The molecule has 0 aliphatic heterocycles. The quantitative estimate of drug-likeness (QED) is 0.355. The van der Waals surface area contributed by atoms with Gasteiger partial charge in [0.2, 0.25) is 0 Å². The van der Waals surface area contributed by atoms with Crippen LogP contribution in [0.5, 0.6) is 5.75 Å². The molecule has 1 aliphatic carbocycles. The lowest BCUT2D eigenvalue weighted by molar-refractivity contribution is 0.0690. The first kappa shape index (κ1) is 22.9. The Morgan fingerprint density at radius 2 is 1.80 bits per heavy atom. The minimum atomic E-state index is -1.12. The van der Waals surface area contributed by atoms with Crippen molar-refractivity contribution in [2.24, 2.45) is 5.92 Å². The number of carboxylic acids is 1. The van der Waals surface area contributed by atoms with E-state index >= 15 is 0 Å². The summed E-state index contributed by atoms with van der Waals surface area (Å²) >= 11 is 0. The highest BCUT2D eigenvalue weighted by atomic mass is 16.5. The highest BCUT2D eigenvalue weighted by molar-refractivity contribution is 5.86. The van der Waals surface area contributed by atoms with E-state index in [2.05, 4.69) is 5.10 Å². The largest absolute Gasteiger partial charge is 0.489 e. The first-order valence-corrected chi connectivity index (χ1v) is 12.2. The lowest BCUT2D eigenvalue weighted by Crippen LogP contribution is -2.22. The molecular formula is C28H29N3O4. The molecular weight excluding hydrogens is 442 g/mol. The molecule has 4 aromatic rings. The Morgan fingerprint density at radius 1 is 1.06 bits per heavy atom. The van der Waals surface area contributed by atoms with Gasteiger partial charge in [-0.2, -0.15) is 0 Å². The van der Waals surface area contributed by atoms with Gasteiger partial charge in [-0.1, -0.05) is 62.4 Å². The van der Waals surface area contributed by atoms with E-state index in [1.54, 1.807) is 0 Å². The van der Waals surface area contributed by atoms with E-state index in [0.29, 0.717) is 35.9 Å². The molecule has 2 aromatic carbocycles. The van der Waals surface area contributed by atoms with Crippen molar-refractivity contribution in [2.75, 3.05) is 0 Å². The minimum Gasteiger partial charge on any atom is -0.489 e. The second-order valence-corrected chi connectivity index (χ2v) is 9.25. The smallest absolute Gasteiger partial charge is 0.353 e. The number of ether oxygens (including phenoxy) is 1. The number of hydrogen-bond donors (Lipinski definition) is 2. The molecule has 0 bridgehead atoms. The van der Waals surface area contributed by atoms with E-state index in [9.17, 15) is 14.7 Å². The zero-order valence-electron chi connectivity index (χ0n) is 19.6. The third-order valence-corrected chi connectivity index (χ3v) is 6.84. The fourth-order valence-corrected chi connectivity index (χ4v) is 4.91. The second kappa shape index (κ2) is 10.2. The summed E-state index contributed by atoms with van der Waals surface area (Å²) in [7, 11) is 0. The third-order valence-electron chi connectivity index (χ3n) is 6.84. The molecule has 0 saturated heterocycles. The van der Waals surface area contributed by atoms with Crippen molar-refractivity contribution in [2.45, 2.75) is 51.6 Å². The van der Waals surface area contributed by atoms with Crippen molar-refractivity contribution >= 4 is 11.6 Å². The van der Waals surface area contributed by atoms with Crippen LogP contribution >= 0.6 is 0 Å². The average Bonchev–Trinajstić information content (AvgIpc) is 3.34. The van der Waals surface area contributed by atoms with Crippen LogP contribution < -0.4 is 10.3 Å². The van der Waals surface area contributed by atoms with E-state index < -0.39 is 5.97 Å². The van der Waals surface area contributed by atoms with Crippen LogP contribution in [-0.4, -0.2) is 25.7 Å². The zero-order chi connectivity index (χ0) is 24.2. The van der Waals surface area contributed by atoms with Gasteiger partial charge in [-0.3, -0.25) is 9.89 Å². The molecule has 1 fully saturated rings. The predicted molar refractivity (Wildman–Crippen MR) is 134 cm³/mol. The molecule has 2 aromatic heterocycles. The average molecular weight is 472 g/mol. The summed E-state index contributed by atoms with van der Waals surface area (Å²) in [6.07, 6.45) is 7.73. The number of benzene rings is 2. The number of carbonyl (C=O) groups is 1. The summed E-state index contributed by atoms with van der Waals surface area (Å²) in [6.45, 7) is 0.472. The number of carboxylic acid groups (broad SMARTS) is 1. The standard InChI is InChI=1S/C28H29N3O4/c32-27-23(16-11-19-7-3-1-4-8-19)26(29-25-17-24(28(33)34)30-31(25)27)21-12-14-22(15-13-21)35-18-20-9-5-2-6-10-20/h2,5-6,9-10,12-15,17,19,30H,1,3-4,7-8,11,16,18H2,(H,33,34). The van der Waals surface area contributed by atoms with Gasteiger partial charge >= 0.3 is 5.97 Å². The summed E-state index contributed by atoms with van der Waals surface area (Å²) in [5.41, 5.74) is 3.12. The normalized spacial score (nSPS) is 14.3. The maximum atomic E-state index is 13.4. The Bertz CT molecular complexity index is 1370. The van der Waals surface area contributed by atoms with E-state index in [4.69, 9.17) is 9.72 Å². The van der Waals surface area contributed by atoms with Crippen molar-refractivity contribution in [3.63, 3.8) is 0 Å². The maximum Gasteiger partial charge on any atom is 0.353 e. The van der Waals surface area contributed by atoms with Crippen LogP contribution in [0.2, 0.25) is 0 Å². The van der Waals surface area contributed by atoms with Crippen molar-refractivity contribution in [1.29, 1.82) is 0 Å². The van der Waals surface area contributed by atoms with Crippen LogP contribution in [0, 0.1) is 5.92 Å². The fraction of sp³-hybridized carbons (Fsp3) is 0.321. The molecule has 0 unspecified atom stereocenters. The van der Waals surface area contributed by atoms with Gasteiger partial charge in [-0.15, -0.1) is 0 Å². The summed E-state index contributed by atoms with van der Waals surface area (Å²) < 4.78 is 7.16. The van der Waals surface area contributed by atoms with Crippen LogP contribution in [0.3, 0.4) is 0 Å². The minimum absolute atomic E-state index is 0.0605. The third kappa shape index (κ3) is 5.14. The number of H-pyrrole nitrogens is 1. The van der Waals surface area contributed by atoms with Gasteiger partial charge in [0.15, 0.2) is 5.65 Å². The van der Waals surface area contributed by atoms with Crippen molar-refractivity contribution in [3.8, 4) is 17.0 Å². The zero-order valence-corrected chi connectivity index (χ0v) is 19.6. The van der Waals surface area contributed by atoms with Gasteiger partial charge in [-0.05, 0) is 48.6 Å². The molecule has 0 radical (unpaired) electrons. The fourth-order valence-electron chi connectivity index (χ4n) is 4.91. The molecule has 0 amide bonds. The van der Waals surface area contributed by atoms with Gasteiger partial charge in [0.05, 0.1) is 5.69 Å². The first-order valence-electron chi connectivity index (χ1n) is 12.2. The SMILES string of the molecule is O=C(O)c1cc2nc(-c3ccc(OCc4ccccc4)cc3)c(CCC3CCCCC3)c(=O)n2[nH]1. The number of hydrogen-bond acceptors (Lipinski definition) is 4. The van der Waals surface area contributed by atoms with Crippen LogP contribution in [0.25, 0.3) is 16.9 Å². The lowest BCUT2D eigenvalue weighted by Gasteiger charge is -2.21. The Kier molecular flexibility index (Phi) is 6.66. The van der Waals surface area contributed by atoms with E-state index in [1.807, 2.05) is 54.6 Å². The number of nitrogens with zero attached hydrogens (tertiary/aromatic N) is 2. The van der Waals surface area contributed by atoms with Gasteiger partial charge in [0.25, 0.3) is 5.56 Å². The number of rotatable bonds is 8. The molecule has 2 heterocycles. The number of aromatic carboxylic acids is 1.